The first kappa shape index (κ1) is 68.5. The Morgan fingerprint density at radius 2 is 1.57 bits per heavy atom. The van der Waals surface area contributed by atoms with E-state index in [1.54, 1.807) is 24.4 Å². The Bertz CT molecular complexity index is 2960. The maximum absolute atomic E-state index is 14.8. The molecule has 5 aromatic rings. The van der Waals surface area contributed by atoms with Crippen molar-refractivity contribution in [2.45, 2.75) is 205 Å². The number of hydrogen-bond donors (Lipinski definition) is 2. The molecule has 0 radical (unpaired) electrons. The zero-order valence-corrected chi connectivity index (χ0v) is 53.7. The largest absolute Gasteiger partial charge is 0.508 e. The summed E-state index contributed by atoms with van der Waals surface area (Å²) >= 11 is 0. The van der Waals surface area contributed by atoms with Gasteiger partial charge in [0.25, 0.3) is 0 Å². The Balaban J connectivity index is 0.000000249. The molecule has 14 heteroatoms. The van der Waals surface area contributed by atoms with Crippen molar-refractivity contribution in [3.05, 3.63) is 71.2 Å². The molecule has 3 aromatic carbocycles. The molecule has 84 heavy (non-hydrogen) atoms. The van der Waals surface area contributed by atoms with Crippen LogP contribution in [0.4, 0.5) is 21.6 Å². The quantitative estimate of drug-likeness (QED) is 0.0346. The summed E-state index contributed by atoms with van der Waals surface area (Å²) in [4.78, 5) is 59.6. The molecule has 1 aliphatic carbocycles. The molecule has 13 nitrogen and oxygen atoms in total. The Kier molecular flexibility index (Phi) is 27.7. The number of piperidine rings is 2. The maximum atomic E-state index is 14.8. The fourth-order valence-electron chi connectivity index (χ4n) is 11.2. The number of unbranched alkanes of at least 4 members (excludes halogenated alkanes) is 4. The lowest BCUT2D eigenvalue weighted by atomic mass is 9.94. The highest BCUT2D eigenvalue weighted by Gasteiger charge is 2.42. The van der Waals surface area contributed by atoms with E-state index in [4.69, 9.17) is 26.1 Å². The lowest BCUT2D eigenvalue weighted by Gasteiger charge is -2.34. The highest BCUT2D eigenvalue weighted by Crippen LogP contribution is 2.49. The molecule has 3 aliphatic rings. The molecule has 0 bridgehead atoms. The van der Waals surface area contributed by atoms with Crippen molar-refractivity contribution in [2.24, 2.45) is 17.3 Å². The van der Waals surface area contributed by atoms with Crippen LogP contribution >= 0.6 is 0 Å². The van der Waals surface area contributed by atoms with Crippen LogP contribution in [-0.2, 0) is 14.4 Å². The van der Waals surface area contributed by atoms with E-state index in [2.05, 4.69) is 101 Å². The van der Waals surface area contributed by atoms with Crippen molar-refractivity contribution in [1.29, 1.82) is 0 Å². The highest BCUT2D eigenvalue weighted by molar-refractivity contribution is 6.07. The van der Waals surface area contributed by atoms with Gasteiger partial charge in [-0.1, -0.05) is 113 Å². The molecule has 2 saturated heterocycles. The second-order valence-electron chi connectivity index (χ2n) is 24.2. The number of nitrogens with one attached hydrogen (secondary N) is 1. The van der Waals surface area contributed by atoms with Crippen molar-refractivity contribution in [3.63, 3.8) is 0 Å². The average Bonchev–Trinajstić information content (AvgIpc) is 2.55. The average molecular weight is 1160 g/mol. The monoisotopic (exact) mass is 1150 g/mol. The van der Waals surface area contributed by atoms with E-state index in [9.17, 15) is 23.9 Å². The van der Waals surface area contributed by atoms with Gasteiger partial charge in [0.05, 0.1) is 28.8 Å². The molecular weight excluding hydrogens is 1050 g/mol. The molecule has 3 amide bonds. The first-order valence-electron chi connectivity index (χ1n) is 32.0. The smallest absolute Gasteiger partial charge is 0.318 e. The van der Waals surface area contributed by atoms with Crippen LogP contribution in [0.5, 0.6) is 11.8 Å². The summed E-state index contributed by atoms with van der Waals surface area (Å²) in [6, 6.07) is 11.9. The second kappa shape index (κ2) is 34.0. The Morgan fingerprint density at radius 3 is 2.14 bits per heavy atom. The predicted octanol–water partition coefficient (Wildman–Crippen LogP) is 15.7. The molecule has 2 atom stereocenters. The number of pyridine rings is 1. The molecule has 2 unspecified atom stereocenters. The highest BCUT2D eigenvalue weighted by atomic mass is 19.1. The number of phenolic OH excluding ortho intramolecular Hbond substituents is 1. The third-order valence-corrected chi connectivity index (χ3v) is 16.7. The van der Waals surface area contributed by atoms with E-state index < -0.39 is 17.8 Å². The minimum absolute atomic E-state index is 0.0531. The zero-order chi connectivity index (χ0) is 61.5. The van der Waals surface area contributed by atoms with Gasteiger partial charge in [-0.05, 0) is 163 Å². The number of nitrogens with zero attached hydrogens (tertiary/aromatic N) is 7. The first-order valence-corrected chi connectivity index (χ1v) is 32.0. The van der Waals surface area contributed by atoms with E-state index in [0.29, 0.717) is 47.0 Å². The van der Waals surface area contributed by atoms with Gasteiger partial charge in [0.2, 0.25) is 17.7 Å². The van der Waals surface area contributed by atoms with Gasteiger partial charge in [0, 0.05) is 79.0 Å². The summed E-state index contributed by atoms with van der Waals surface area (Å²) in [5, 5.41) is 14.9. The standard InChI is InChI=1S/C32H33FN4O2.C22H33N3O3.C11H25N.C5H12/c1-5-23-26(33)10-9-21-14-22(38)15-24(27(21)23)28-20(4)29-25(16-34-28)30(37-13-7-8-19(3)17-37)36-31(35-29)39-18-32(6-2)11-12-32;1-5-7-8-14-24(13-6-2)18-9-10-19(16(3)15-18)25(17(4)26)20-11-12-21(27)23-22(20)28;1-4-7-8-11-12(9-5-2)10-6-3;1-4-5(2)3/h1,9-10,14-16,19,38H,6-8,11-13,17-18H2,2-4H3;9-10,15,20H,5-8,11-14H2,1-4H3,(H,23,27,28);4-11H2,1-3H3;5H,4H2,1-3H3. The molecule has 2 N–H and O–H groups in total. The van der Waals surface area contributed by atoms with Crippen molar-refractivity contribution in [1.82, 2.24) is 25.2 Å². The molecule has 2 aromatic heterocycles. The first-order chi connectivity index (χ1) is 40.3. The summed E-state index contributed by atoms with van der Waals surface area (Å²) in [5.74, 6) is 3.47. The second-order valence-corrected chi connectivity index (χ2v) is 24.2. The van der Waals surface area contributed by atoms with Crippen LogP contribution in [0.25, 0.3) is 32.9 Å². The van der Waals surface area contributed by atoms with Crippen LogP contribution in [0.3, 0.4) is 0 Å². The topological polar surface area (TPSA) is 144 Å². The van der Waals surface area contributed by atoms with Crippen LogP contribution in [0.1, 0.15) is 202 Å². The van der Waals surface area contributed by atoms with Gasteiger partial charge in [0.1, 0.15) is 23.4 Å². The van der Waals surface area contributed by atoms with Gasteiger partial charge in [-0.2, -0.15) is 9.97 Å². The van der Waals surface area contributed by atoms with Gasteiger partial charge < -0.3 is 24.5 Å². The Labute approximate surface area is 504 Å². The number of benzene rings is 3. The Morgan fingerprint density at radius 1 is 0.893 bits per heavy atom. The summed E-state index contributed by atoms with van der Waals surface area (Å²) < 4.78 is 21.0. The third-order valence-electron chi connectivity index (χ3n) is 16.7. The summed E-state index contributed by atoms with van der Waals surface area (Å²) in [6.07, 6.45) is 26.5. The van der Waals surface area contributed by atoms with Gasteiger partial charge in [0.15, 0.2) is 0 Å². The molecule has 460 valence electrons. The summed E-state index contributed by atoms with van der Waals surface area (Å²) in [6.45, 7) is 36.0. The van der Waals surface area contributed by atoms with Gasteiger partial charge >= 0.3 is 6.01 Å². The minimum atomic E-state index is -0.643. The van der Waals surface area contributed by atoms with E-state index >= 15 is 0 Å². The predicted molar refractivity (Wildman–Crippen MR) is 347 cm³/mol. The number of fused-ring (bicyclic) bond motifs is 2. The summed E-state index contributed by atoms with van der Waals surface area (Å²) in [7, 11) is 0. The number of carbonyl (C=O) groups is 3. The SMILES string of the molecule is C#Cc1c(F)ccc2cc(O)cc(-c3ncc4c(N5CCCC(C)C5)nc(OCC5(CC)CC5)nc4c3C)c12.CCC(C)C.CCCCCN(CCC)CCC.CCCCCN(CCC)c1ccc(N(C(C)=O)C2CCC(=O)NC2=O)c(C)c1. The fraction of sp³-hybridized carbons (Fsp3) is 0.600. The van der Waals surface area contributed by atoms with Crippen molar-refractivity contribution in [3.8, 4) is 35.4 Å². The van der Waals surface area contributed by atoms with Crippen LogP contribution < -0.4 is 24.8 Å². The number of amides is 3. The van der Waals surface area contributed by atoms with E-state index in [0.717, 1.165) is 97.0 Å². The third kappa shape index (κ3) is 19.1. The molecular formula is C70H103FN8O5. The molecule has 2 aliphatic heterocycles. The number of phenols is 1. The van der Waals surface area contributed by atoms with Gasteiger partial charge in [-0.15, -0.1) is 6.42 Å². The van der Waals surface area contributed by atoms with Gasteiger partial charge in [-0.25, -0.2) is 4.39 Å². The number of aromatic nitrogens is 3. The molecule has 1 saturated carbocycles. The van der Waals surface area contributed by atoms with Crippen molar-refractivity contribution < 1.29 is 28.6 Å². The fourth-order valence-corrected chi connectivity index (χ4v) is 11.2. The van der Waals surface area contributed by atoms with Gasteiger partial charge in [-0.3, -0.25) is 29.6 Å². The molecule has 8 rings (SSSR count). The number of carbonyl (C=O) groups excluding carboxylic acids is 3. The number of rotatable bonds is 24. The minimum Gasteiger partial charge on any atom is -0.508 e. The van der Waals surface area contributed by atoms with E-state index in [-0.39, 0.29) is 35.0 Å². The molecule has 0 spiro atoms. The number of ether oxygens (including phenoxy) is 1. The normalized spacial score (nSPS) is 16.2. The lowest BCUT2D eigenvalue weighted by Crippen LogP contribution is -2.54. The number of imide groups is 1. The lowest BCUT2D eigenvalue weighted by molar-refractivity contribution is -0.135. The number of halogens is 1. The number of aromatic hydroxyl groups is 1. The Hall–Kier alpha value is -6.33. The van der Waals surface area contributed by atoms with E-state index in [1.807, 2.05) is 26.0 Å². The van der Waals surface area contributed by atoms with Crippen LogP contribution in [0, 0.1) is 49.3 Å². The van der Waals surface area contributed by atoms with E-state index in [1.165, 1.54) is 108 Å². The number of aryl methyl sites for hydroxylation is 2. The van der Waals surface area contributed by atoms with Crippen molar-refractivity contribution in [2.75, 3.05) is 67.1 Å². The maximum Gasteiger partial charge on any atom is 0.318 e. The van der Waals surface area contributed by atoms with Crippen LogP contribution in [0.2, 0.25) is 0 Å². The summed E-state index contributed by atoms with van der Waals surface area (Å²) in [5.41, 5.74) is 5.88. The van der Waals surface area contributed by atoms with Crippen LogP contribution in [0.15, 0.2) is 48.7 Å². The number of anilines is 3. The number of terminal acetylenes is 1. The van der Waals surface area contributed by atoms with Crippen LogP contribution in [-0.4, -0.2) is 101 Å². The molecule has 3 fully saturated rings. The number of hydrogen-bond acceptors (Lipinski definition) is 11. The van der Waals surface area contributed by atoms with Crippen molar-refractivity contribution >= 4 is 56.6 Å². The zero-order valence-electron chi connectivity index (χ0n) is 53.7. The molecule has 4 heterocycles.